The minimum atomic E-state index is -0.560. The van der Waals surface area contributed by atoms with E-state index in [9.17, 15) is 5.11 Å². The number of hydrogen-bond acceptors (Lipinski definition) is 3. The highest BCUT2D eigenvalue weighted by Gasteiger charge is 2.11. The Morgan fingerprint density at radius 3 is 2.75 bits per heavy atom. The lowest BCUT2D eigenvalue weighted by Gasteiger charge is -2.08. The molecular formula is C12H12ClNOS. The lowest BCUT2D eigenvalue weighted by Crippen LogP contribution is -2.02. The summed E-state index contributed by atoms with van der Waals surface area (Å²) in [6.07, 6.45) is 1.77. The van der Waals surface area contributed by atoms with E-state index in [1.807, 2.05) is 31.2 Å². The van der Waals surface area contributed by atoms with Crippen LogP contribution in [-0.2, 0) is 6.42 Å². The molecule has 0 spiro atoms. The van der Waals surface area contributed by atoms with Crippen LogP contribution in [0.5, 0.6) is 0 Å². The fraction of sp³-hybridized carbons (Fsp3) is 0.250. The summed E-state index contributed by atoms with van der Waals surface area (Å²) < 4.78 is 0.749. The molecule has 1 atom stereocenters. The molecule has 0 bridgehead atoms. The lowest BCUT2D eigenvalue weighted by atomic mass is 10.1. The quantitative estimate of drug-likeness (QED) is 0.910. The molecular weight excluding hydrogens is 242 g/mol. The Kier molecular flexibility index (Phi) is 3.59. The van der Waals surface area contributed by atoms with Crippen LogP contribution < -0.4 is 0 Å². The maximum absolute atomic E-state index is 9.98. The molecule has 0 saturated carbocycles. The van der Waals surface area contributed by atoms with E-state index in [-0.39, 0.29) is 0 Å². The van der Waals surface area contributed by atoms with Gasteiger partial charge in [-0.2, -0.15) is 0 Å². The van der Waals surface area contributed by atoms with Gasteiger partial charge in [-0.25, -0.2) is 0 Å². The second kappa shape index (κ2) is 4.95. The predicted molar refractivity (Wildman–Crippen MR) is 67.0 cm³/mol. The van der Waals surface area contributed by atoms with Crippen molar-refractivity contribution in [3.63, 3.8) is 0 Å². The van der Waals surface area contributed by atoms with Crippen LogP contribution in [0.15, 0.2) is 30.5 Å². The Morgan fingerprint density at radius 2 is 2.19 bits per heavy atom. The van der Waals surface area contributed by atoms with Crippen molar-refractivity contribution in [3.8, 4) is 0 Å². The summed E-state index contributed by atoms with van der Waals surface area (Å²) in [6, 6.07) is 7.59. The second-order valence-electron chi connectivity index (χ2n) is 3.69. The highest BCUT2D eigenvalue weighted by atomic mass is 35.5. The number of halogens is 1. The number of aliphatic hydroxyl groups is 1. The van der Waals surface area contributed by atoms with Crippen molar-refractivity contribution in [2.45, 2.75) is 19.4 Å². The minimum absolute atomic E-state index is 0.560. The summed E-state index contributed by atoms with van der Waals surface area (Å²) in [6.45, 7) is 1.97. The van der Waals surface area contributed by atoms with Gasteiger partial charge in [-0.05, 0) is 30.7 Å². The zero-order chi connectivity index (χ0) is 11.5. The van der Waals surface area contributed by atoms with Crippen molar-refractivity contribution in [3.05, 3.63) is 50.9 Å². The van der Waals surface area contributed by atoms with Gasteiger partial charge in [0.05, 0.1) is 10.0 Å². The van der Waals surface area contributed by atoms with E-state index < -0.39 is 6.10 Å². The first-order chi connectivity index (χ1) is 7.65. The zero-order valence-corrected chi connectivity index (χ0v) is 10.4. The van der Waals surface area contributed by atoms with Crippen molar-refractivity contribution in [2.75, 3.05) is 0 Å². The van der Waals surface area contributed by atoms with Crippen molar-refractivity contribution in [1.29, 1.82) is 0 Å². The van der Waals surface area contributed by atoms with Gasteiger partial charge in [0.15, 0.2) is 0 Å². The third-order valence-corrected chi connectivity index (χ3v) is 3.55. The van der Waals surface area contributed by atoms with Crippen molar-refractivity contribution in [2.24, 2.45) is 0 Å². The summed E-state index contributed by atoms with van der Waals surface area (Å²) >= 11 is 7.32. The average molecular weight is 254 g/mol. The zero-order valence-electron chi connectivity index (χ0n) is 8.85. The molecule has 0 saturated heterocycles. The van der Waals surface area contributed by atoms with Gasteiger partial charge in [0.25, 0.3) is 0 Å². The Hall–Kier alpha value is -0.900. The number of hydrogen-bond donors (Lipinski definition) is 1. The van der Waals surface area contributed by atoms with E-state index >= 15 is 0 Å². The molecule has 0 amide bonds. The van der Waals surface area contributed by atoms with Gasteiger partial charge < -0.3 is 5.11 Å². The van der Waals surface area contributed by atoms with Gasteiger partial charge in [0.1, 0.15) is 6.10 Å². The molecule has 2 aromatic heterocycles. The van der Waals surface area contributed by atoms with Gasteiger partial charge in [-0.15, -0.1) is 11.3 Å². The summed E-state index contributed by atoms with van der Waals surface area (Å²) in [5.74, 6) is 0. The van der Waals surface area contributed by atoms with Crippen molar-refractivity contribution in [1.82, 2.24) is 4.98 Å². The standard InChI is InChI=1S/C12H12ClNOS/c1-8-2-4-10(14-7-8)11(15)6-9-3-5-12(13)16-9/h2-5,7,11,15H,6H2,1H3. The SMILES string of the molecule is Cc1ccc(C(O)Cc2ccc(Cl)s2)nc1. The summed E-state index contributed by atoms with van der Waals surface area (Å²) in [4.78, 5) is 5.27. The smallest absolute Gasteiger partial charge is 0.101 e. The predicted octanol–water partition coefficient (Wildman–Crippen LogP) is 3.38. The third kappa shape index (κ3) is 2.82. The molecule has 4 heteroatoms. The summed E-state index contributed by atoms with van der Waals surface area (Å²) in [5, 5.41) is 9.98. The van der Waals surface area contributed by atoms with E-state index in [0.717, 1.165) is 14.8 Å². The molecule has 0 radical (unpaired) electrons. The average Bonchev–Trinajstić information content (AvgIpc) is 2.65. The maximum Gasteiger partial charge on any atom is 0.101 e. The molecule has 16 heavy (non-hydrogen) atoms. The van der Waals surface area contributed by atoms with Gasteiger partial charge in [0, 0.05) is 17.5 Å². The van der Waals surface area contributed by atoms with Gasteiger partial charge >= 0.3 is 0 Å². The van der Waals surface area contributed by atoms with Crippen LogP contribution in [0.4, 0.5) is 0 Å². The van der Waals surface area contributed by atoms with Gasteiger partial charge in [-0.3, -0.25) is 4.98 Å². The molecule has 0 aromatic carbocycles. The molecule has 2 rings (SSSR count). The number of aryl methyl sites for hydroxylation is 1. The lowest BCUT2D eigenvalue weighted by molar-refractivity contribution is 0.174. The fourth-order valence-corrected chi connectivity index (χ4v) is 2.56. The largest absolute Gasteiger partial charge is 0.386 e. The molecule has 2 heterocycles. The van der Waals surface area contributed by atoms with Gasteiger partial charge in [0.2, 0.25) is 0 Å². The first-order valence-electron chi connectivity index (χ1n) is 5.00. The second-order valence-corrected chi connectivity index (χ2v) is 5.49. The van der Waals surface area contributed by atoms with Crippen LogP contribution in [-0.4, -0.2) is 10.1 Å². The number of aliphatic hydroxyl groups excluding tert-OH is 1. The number of thiophene rings is 1. The number of pyridine rings is 1. The Morgan fingerprint density at radius 1 is 1.38 bits per heavy atom. The monoisotopic (exact) mass is 253 g/mol. The molecule has 2 aromatic rings. The molecule has 0 aliphatic heterocycles. The summed E-state index contributed by atoms with van der Waals surface area (Å²) in [5.41, 5.74) is 1.80. The van der Waals surface area contributed by atoms with Crippen LogP contribution in [0.1, 0.15) is 22.2 Å². The number of aromatic nitrogens is 1. The molecule has 1 N–H and O–H groups in total. The number of nitrogens with zero attached hydrogens (tertiary/aromatic N) is 1. The first-order valence-corrected chi connectivity index (χ1v) is 6.19. The number of rotatable bonds is 3. The molecule has 0 aliphatic rings. The molecule has 1 unspecified atom stereocenters. The van der Waals surface area contributed by atoms with E-state index in [2.05, 4.69) is 4.98 Å². The molecule has 2 nitrogen and oxygen atoms in total. The van der Waals surface area contributed by atoms with Crippen molar-refractivity contribution >= 4 is 22.9 Å². The van der Waals surface area contributed by atoms with Crippen LogP contribution >= 0.6 is 22.9 Å². The first kappa shape index (κ1) is 11.6. The Balaban J connectivity index is 2.08. The van der Waals surface area contributed by atoms with E-state index in [4.69, 9.17) is 11.6 Å². The normalized spacial score (nSPS) is 12.7. The van der Waals surface area contributed by atoms with Crippen LogP contribution in [0.3, 0.4) is 0 Å². The molecule has 84 valence electrons. The molecule has 0 fully saturated rings. The minimum Gasteiger partial charge on any atom is -0.386 e. The van der Waals surface area contributed by atoms with Crippen molar-refractivity contribution < 1.29 is 5.11 Å². The van der Waals surface area contributed by atoms with Gasteiger partial charge in [-0.1, -0.05) is 17.7 Å². The topological polar surface area (TPSA) is 33.1 Å². The Labute approximate surface area is 104 Å². The fourth-order valence-electron chi connectivity index (χ4n) is 1.43. The van der Waals surface area contributed by atoms with E-state index in [1.165, 1.54) is 11.3 Å². The Bertz CT molecular complexity index is 466. The van der Waals surface area contributed by atoms with E-state index in [0.29, 0.717) is 12.1 Å². The van der Waals surface area contributed by atoms with Crippen LogP contribution in [0, 0.1) is 6.92 Å². The van der Waals surface area contributed by atoms with E-state index in [1.54, 1.807) is 6.20 Å². The maximum atomic E-state index is 9.98. The summed E-state index contributed by atoms with van der Waals surface area (Å²) in [7, 11) is 0. The highest BCUT2D eigenvalue weighted by molar-refractivity contribution is 7.16. The highest BCUT2D eigenvalue weighted by Crippen LogP contribution is 2.25. The van der Waals surface area contributed by atoms with Crippen LogP contribution in [0.25, 0.3) is 0 Å². The van der Waals surface area contributed by atoms with Crippen LogP contribution in [0.2, 0.25) is 4.34 Å². The molecule has 0 aliphatic carbocycles. The third-order valence-electron chi connectivity index (χ3n) is 2.30.